The van der Waals surface area contributed by atoms with Crippen molar-refractivity contribution in [2.24, 2.45) is 0 Å². The number of H-pyrrole nitrogens is 1. The summed E-state index contributed by atoms with van der Waals surface area (Å²) < 4.78 is 41.1. The highest BCUT2D eigenvalue weighted by Crippen LogP contribution is 2.32. The van der Waals surface area contributed by atoms with E-state index in [1.165, 1.54) is 12.1 Å². The highest BCUT2D eigenvalue weighted by atomic mass is 32.1. The van der Waals surface area contributed by atoms with Crippen LogP contribution in [0.15, 0.2) is 30.5 Å². The summed E-state index contributed by atoms with van der Waals surface area (Å²) in [6, 6.07) is 5.59. The van der Waals surface area contributed by atoms with Gasteiger partial charge in [-0.05, 0) is 29.8 Å². The molecule has 0 spiro atoms. The molecule has 20 heavy (non-hydrogen) atoms. The molecule has 108 valence electrons. The summed E-state index contributed by atoms with van der Waals surface area (Å²) >= 11 is 5.15. The Labute approximate surface area is 120 Å². The van der Waals surface area contributed by atoms with Crippen LogP contribution in [0.5, 0.6) is 0 Å². The van der Waals surface area contributed by atoms with Gasteiger partial charge in [0.15, 0.2) is 4.77 Å². The average molecular weight is 300 g/mol. The Morgan fingerprint density at radius 3 is 2.50 bits per heavy atom. The smallest absolute Gasteiger partial charge is 0.337 e. The number of aromatic amines is 1. The molecule has 6 heteroatoms. The van der Waals surface area contributed by atoms with Crippen LogP contribution in [0, 0.1) is 4.77 Å². The minimum Gasteiger partial charge on any atom is -0.337 e. The number of rotatable bonds is 3. The summed E-state index contributed by atoms with van der Waals surface area (Å²) in [5.41, 5.74) is 0.502. The van der Waals surface area contributed by atoms with Gasteiger partial charge >= 0.3 is 6.18 Å². The Morgan fingerprint density at radius 1 is 1.25 bits per heavy atom. The Kier molecular flexibility index (Phi) is 4.04. The number of imidazole rings is 1. The lowest BCUT2D eigenvalue weighted by molar-refractivity contribution is -0.138. The van der Waals surface area contributed by atoms with Gasteiger partial charge in [-0.25, -0.2) is 0 Å². The van der Waals surface area contributed by atoms with E-state index < -0.39 is 11.7 Å². The van der Waals surface area contributed by atoms with Crippen molar-refractivity contribution in [1.29, 1.82) is 0 Å². The van der Waals surface area contributed by atoms with E-state index in [9.17, 15) is 13.2 Å². The average Bonchev–Trinajstić information content (AvgIpc) is 2.71. The van der Waals surface area contributed by atoms with Crippen molar-refractivity contribution in [3.8, 4) is 0 Å². The second-order valence-electron chi connectivity index (χ2n) is 4.91. The van der Waals surface area contributed by atoms with Crippen LogP contribution in [0.4, 0.5) is 13.2 Å². The normalized spacial score (nSPS) is 12.1. The van der Waals surface area contributed by atoms with Gasteiger partial charge in [-0.15, -0.1) is 0 Å². The zero-order chi connectivity index (χ0) is 14.9. The molecule has 1 heterocycles. The van der Waals surface area contributed by atoms with Gasteiger partial charge in [0.25, 0.3) is 0 Å². The van der Waals surface area contributed by atoms with E-state index in [1.807, 2.05) is 13.8 Å². The van der Waals surface area contributed by atoms with Crippen molar-refractivity contribution in [2.75, 3.05) is 0 Å². The van der Waals surface area contributed by atoms with E-state index in [2.05, 4.69) is 4.98 Å². The number of hydrogen-bond donors (Lipinski definition) is 1. The molecule has 2 aromatic rings. The van der Waals surface area contributed by atoms with Crippen LogP contribution in [0.2, 0.25) is 0 Å². The van der Waals surface area contributed by atoms with Crippen LogP contribution in [-0.4, -0.2) is 9.55 Å². The van der Waals surface area contributed by atoms with Crippen LogP contribution in [0.25, 0.3) is 0 Å². The molecule has 0 aliphatic rings. The summed E-state index contributed by atoms with van der Waals surface area (Å²) in [5.74, 6) is 0.181. The van der Waals surface area contributed by atoms with E-state index >= 15 is 0 Å². The van der Waals surface area contributed by atoms with Gasteiger partial charge in [-0.1, -0.05) is 32.0 Å². The van der Waals surface area contributed by atoms with Crippen molar-refractivity contribution in [3.05, 3.63) is 52.1 Å². The third-order valence-electron chi connectivity index (χ3n) is 3.14. The Hall–Kier alpha value is -1.56. The molecule has 0 radical (unpaired) electrons. The first-order valence-electron chi connectivity index (χ1n) is 6.24. The maximum atomic E-state index is 13.0. The predicted octanol–water partition coefficient (Wildman–Crippen LogP) is 4.74. The van der Waals surface area contributed by atoms with Crippen molar-refractivity contribution < 1.29 is 13.2 Å². The molecule has 1 N–H and O–H groups in total. The molecule has 0 atom stereocenters. The molecule has 0 saturated carbocycles. The number of nitrogens with zero attached hydrogens (tertiary/aromatic N) is 1. The maximum Gasteiger partial charge on any atom is 0.416 e. The van der Waals surface area contributed by atoms with Crippen LogP contribution in [0.3, 0.4) is 0 Å². The second-order valence-corrected chi connectivity index (χ2v) is 5.30. The molecule has 0 fully saturated rings. The van der Waals surface area contributed by atoms with Gasteiger partial charge in [0.2, 0.25) is 0 Å². The molecule has 2 nitrogen and oxygen atoms in total. The fraction of sp³-hybridized carbons (Fsp3) is 0.357. The van der Waals surface area contributed by atoms with Gasteiger partial charge in [0.05, 0.1) is 12.1 Å². The van der Waals surface area contributed by atoms with Gasteiger partial charge in [-0.2, -0.15) is 13.2 Å². The molecule has 1 aromatic heterocycles. The van der Waals surface area contributed by atoms with Crippen LogP contribution in [0.1, 0.15) is 36.6 Å². The van der Waals surface area contributed by atoms with Crippen LogP contribution >= 0.6 is 12.2 Å². The molecule has 0 bridgehead atoms. The topological polar surface area (TPSA) is 20.7 Å². The molecule has 1 aromatic carbocycles. The number of halogens is 3. The molecule has 0 aliphatic heterocycles. The monoisotopic (exact) mass is 300 g/mol. The van der Waals surface area contributed by atoms with Gasteiger partial charge < -0.3 is 9.55 Å². The minimum absolute atomic E-state index is 0.117. The number of hydrogen-bond acceptors (Lipinski definition) is 1. The van der Waals surface area contributed by atoms with E-state index in [4.69, 9.17) is 12.2 Å². The Balaban J connectivity index is 2.46. The van der Waals surface area contributed by atoms with Crippen LogP contribution < -0.4 is 0 Å². The fourth-order valence-electron chi connectivity index (χ4n) is 2.16. The first-order chi connectivity index (χ1) is 9.30. The predicted molar refractivity (Wildman–Crippen MR) is 74.3 cm³/mol. The number of alkyl halides is 3. The largest absolute Gasteiger partial charge is 0.416 e. The zero-order valence-corrected chi connectivity index (χ0v) is 12.0. The summed E-state index contributed by atoms with van der Waals surface area (Å²) in [7, 11) is 0. The Bertz CT molecular complexity index is 653. The summed E-state index contributed by atoms with van der Waals surface area (Å²) in [5, 5.41) is 0. The summed E-state index contributed by atoms with van der Waals surface area (Å²) in [4.78, 5) is 2.89. The fourth-order valence-corrected chi connectivity index (χ4v) is 2.38. The van der Waals surface area contributed by atoms with Gasteiger partial charge in [0.1, 0.15) is 0 Å². The summed E-state index contributed by atoms with van der Waals surface area (Å²) in [6.45, 7) is 4.07. The molecule has 0 aliphatic carbocycles. The maximum absolute atomic E-state index is 13.0. The van der Waals surface area contributed by atoms with Crippen molar-refractivity contribution in [3.63, 3.8) is 0 Å². The molecular weight excluding hydrogens is 285 g/mol. The standard InChI is InChI=1S/C14H15F3N2S/c1-9(2)12-7-18-13(20)19(12)8-10-5-3-4-6-11(10)14(15,16)17/h3-7,9H,8H2,1-2H3,(H,18,20). The highest BCUT2D eigenvalue weighted by molar-refractivity contribution is 7.71. The lowest BCUT2D eigenvalue weighted by Gasteiger charge is -2.15. The molecule has 0 amide bonds. The lowest BCUT2D eigenvalue weighted by atomic mass is 10.1. The number of benzene rings is 1. The van der Waals surface area contributed by atoms with E-state index in [-0.39, 0.29) is 18.0 Å². The SMILES string of the molecule is CC(C)c1c[nH]c(=S)n1Cc1ccccc1C(F)(F)F. The van der Waals surface area contributed by atoms with Crippen molar-refractivity contribution in [2.45, 2.75) is 32.5 Å². The number of nitrogens with one attached hydrogen (secondary N) is 1. The van der Waals surface area contributed by atoms with E-state index in [1.54, 1.807) is 16.8 Å². The summed E-state index contributed by atoms with van der Waals surface area (Å²) in [6.07, 6.45) is -2.60. The van der Waals surface area contributed by atoms with E-state index in [0.29, 0.717) is 4.77 Å². The first-order valence-corrected chi connectivity index (χ1v) is 6.64. The second kappa shape index (κ2) is 5.44. The van der Waals surface area contributed by atoms with Gasteiger partial charge in [-0.3, -0.25) is 0 Å². The minimum atomic E-state index is -4.35. The van der Waals surface area contributed by atoms with Gasteiger partial charge in [0, 0.05) is 11.9 Å². The Morgan fingerprint density at radius 2 is 1.90 bits per heavy atom. The molecule has 0 unspecified atom stereocenters. The highest BCUT2D eigenvalue weighted by Gasteiger charge is 2.33. The van der Waals surface area contributed by atoms with Crippen molar-refractivity contribution in [1.82, 2.24) is 9.55 Å². The lowest BCUT2D eigenvalue weighted by Crippen LogP contribution is -2.13. The molecular formula is C14H15F3N2S. The third-order valence-corrected chi connectivity index (χ3v) is 3.48. The van der Waals surface area contributed by atoms with Crippen LogP contribution in [-0.2, 0) is 12.7 Å². The zero-order valence-electron chi connectivity index (χ0n) is 11.2. The number of aromatic nitrogens is 2. The quantitative estimate of drug-likeness (QED) is 0.812. The van der Waals surface area contributed by atoms with Crippen molar-refractivity contribution >= 4 is 12.2 Å². The van der Waals surface area contributed by atoms with E-state index in [0.717, 1.165) is 11.8 Å². The molecule has 2 rings (SSSR count). The third kappa shape index (κ3) is 2.95. The first kappa shape index (κ1) is 14.8. The molecule has 0 saturated heterocycles.